The summed E-state index contributed by atoms with van der Waals surface area (Å²) in [5.74, 6) is 0. The van der Waals surface area contributed by atoms with Gasteiger partial charge in [0.15, 0.2) is 9.84 Å². The van der Waals surface area contributed by atoms with Gasteiger partial charge in [-0.15, -0.1) is 0 Å². The molecule has 0 saturated carbocycles. The molecule has 1 heterocycles. The van der Waals surface area contributed by atoms with Gasteiger partial charge in [-0.1, -0.05) is 23.8 Å². The van der Waals surface area contributed by atoms with Crippen molar-refractivity contribution in [2.24, 2.45) is 0 Å². The van der Waals surface area contributed by atoms with E-state index < -0.39 is 9.84 Å². The lowest BCUT2D eigenvalue weighted by Gasteiger charge is -2.03. The van der Waals surface area contributed by atoms with Crippen molar-refractivity contribution in [1.29, 1.82) is 0 Å². The maximum absolute atomic E-state index is 12.2. The molecule has 0 aliphatic rings. The molecule has 98 valence electrons. The van der Waals surface area contributed by atoms with Crippen LogP contribution in [-0.2, 0) is 9.84 Å². The Morgan fingerprint density at radius 1 is 1.11 bits per heavy atom. The minimum absolute atomic E-state index is 0.299. The van der Waals surface area contributed by atoms with Crippen molar-refractivity contribution in [2.75, 3.05) is 0 Å². The Morgan fingerprint density at radius 2 is 1.79 bits per heavy atom. The second-order valence-corrected chi connectivity index (χ2v) is 6.17. The van der Waals surface area contributed by atoms with E-state index in [1.54, 1.807) is 49.5 Å². The number of pyridine rings is 1. The van der Waals surface area contributed by atoms with E-state index in [1.165, 1.54) is 5.41 Å². The molecule has 0 spiro atoms. The highest BCUT2D eigenvalue weighted by Crippen LogP contribution is 2.18. The first kappa shape index (κ1) is 13.5. The second kappa shape index (κ2) is 5.36. The molecule has 0 amide bonds. The summed E-state index contributed by atoms with van der Waals surface area (Å²) < 4.78 is 24.4. The maximum atomic E-state index is 12.2. The van der Waals surface area contributed by atoms with Crippen molar-refractivity contribution < 1.29 is 8.42 Å². The normalized spacial score (nSPS) is 12.4. The lowest BCUT2D eigenvalue weighted by atomic mass is 10.2. The molecule has 0 saturated heterocycles. The Bertz CT molecular complexity index is 687. The zero-order valence-corrected chi connectivity index (χ0v) is 11.7. The Kier molecular flexibility index (Phi) is 3.81. The molecule has 0 bridgehead atoms. The van der Waals surface area contributed by atoms with Crippen molar-refractivity contribution in [3.8, 4) is 0 Å². The van der Waals surface area contributed by atoms with Gasteiger partial charge >= 0.3 is 0 Å². The summed E-state index contributed by atoms with van der Waals surface area (Å²) in [7, 11) is -3.43. The maximum Gasteiger partial charge on any atom is 0.200 e. The molecule has 0 fully saturated rings. The van der Waals surface area contributed by atoms with Crippen LogP contribution in [0.25, 0.3) is 5.57 Å². The van der Waals surface area contributed by atoms with Crippen LogP contribution in [0.4, 0.5) is 0 Å². The monoisotopic (exact) mass is 273 g/mol. The predicted molar refractivity (Wildman–Crippen MR) is 76.3 cm³/mol. The fourth-order valence-electron chi connectivity index (χ4n) is 1.69. The Morgan fingerprint density at radius 3 is 2.37 bits per heavy atom. The lowest BCUT2D eigenvalue weighted by molar-refractivity contribution is 0.604. The summed E-state index contributed by atoms with van der Waals surface area (Å²) in [5.41, 5.74) is 2.32. The van der Waals surface area contributed by atoms with Crippen LogP contribution in [0.1, 0.15) is 18.2 Å². The number of allylic oxidation sites excluding steroid dienone is 1. The summed E-state index contributed by atoms with van der Waals surface area (Å²) in [4.78, 5) is 4.44. The number of hydrogen-bond acceptors (Lipinski definition) is 3. The predicted octanol–water partition coefficient (Wildman–Crippen LogP) is 3.22. The molecular weight excluding hydrogens is 258 g/mol. The zero-order valence-electron chi connectivity index (χ0n) is 10.9. The SMILES string of the molecule is C/C(=C\S(=O)(=O)c1ccc(C)cc1)c1ccccn1. The van der Waals surface area contributed by atoms with Crippen LogP contribution in [0.5, 0.6) is 0 Å². The third kappa shape index (κ3) is 3.29. The summed E-state index contributed by atoms with van der Waals surface area (Å²) in [6, 6.07) is 12.2. The fourth-order valence-corrected chi connectivity index (χ4v) is 2.92. The first-order chi connectivity index (χ1) is 8.99. The highest BCUT2D eigenvalue weighted by atomic mass is 32.2. The third-order valence-electron chi connectivity index (χ3n) is 2.75. The Hall–Kier alpha value is -1.94. The lowest BCUT2D eigenvalue weighted by Crippen LogP contribution is -1.98. The van der Waals surface area contributed by atoms with Crippen LogP contribution in [0.2, 0.25) is 0 Å². The molecule has 0 unspecified atom stereocenters. The average Bonchev–Trinajstić information content (AvgIpc) is 2.40. The van der Waals surface area contributed by atoms with Gasteiger partial charge in [-0.05, 0) is 43.7 Å². The summed E-state index contributed by atoms with van der Waals surface area (Å²) in [6.07, 6.45) is 1.64. The van der Waals surface area contributed by atoms with Crippen LogP contribution in [0.3, 0.4) is 0 Å². The third-order valence-corrected chi connectivity index (χ3v) is 4.34. The molecule has 1 aromatic carbocycles. The van der Waals surface area contributed by atoms with Crippen LogP contribution in [0.15, 0.2) is 59.0 Å². The smallest absolute Gasteiger partial charge is 0.200 e. The molecule has 4 heteroatoms. The molecule has 0 radical (unpaired) electrons. The van der Waals surface area contributed by atoms with Crippen molar-refractivity contribution in [1.82, 2.24) is 4.98 Å². The van der Waals surface area contributed by atoms with Gasteiger partial charge in [-0.3, -0.25) is 4.98 Å². The molecule has 2 rings (SSSR count). The Balaban J connectivity index is 2.39. The van der Waals surface area contributed by atoms with Crippen molar-refractivity contribution >= 4 is 15.4 Å². The van der Waals surface area contributed by atoms with Crippen LogP contribution in [0, 0.1) is 6.92 Å². The van der Waals surface area contributed by atoms with Crippen molar-refractivity contribution in [2.45, 2.75) is 18.7 Å². The van der Waals surface area contributed by atoms with Gasteiger partial charge in [-0.2, -0.15) is 0 Å². The van der Waals surface area contributed by atoms with Gasteiger partial charge in [0.25, 0.3) is 0 Å². The van der Waals surface area contributed by atoms with E-state index in [-0.39, 0.29) is 0 Å². The minimum atomic E-state index is -3.43. The van der Waals surface area contributed by atoms with Crippen LogP contribution in [-0.4, -0.2) is 13.4 Å². The summed E-state index contributed by atoms with van der Waals surface area (Å²) in [5, 5.41) is 1.26. The molecule has 1 aromatic heterocycles. The van der Waals surface area contributed by atoms with Gasteiger partial charge in [-0.25, -0.2) is 8.42 Å². The second-order valence-electron chi connectivity index (χ2n) is 4.37. The number of nitrogens with zero attached hydrogens (tertiary/aromatic N) is 1. The van der Waals surface area contributed by atoms with Crippen molar-refractivity contribution in [3.05, 3.63) is 65.3 Å². The van der Waals surface area contributed by atoms with E-state index >= 15 is 0 Å². The van der Waals surface area contributed by atoms with E-state index in [2.05, 4.69) is 4.98 Å². The van der Waals surface area contributed by atoms with Gasteiger partial charge in [0.2, 0.25) is 0 Å². The van der Waals surface area contributed by atoms with E-state index in [9.17, 15) is 8.42 Å². The summed E-state index contributed by atoms with van der Waals surface area (Å²) in [6.45, 7) is 3.67. The largest absolute Gasteiger partial charge is 0.257 e. The minimum Gasteiger partial charge on any atom is -0.257 e. The van der Waals surface area contributed by atoms with Gasteiger partial charge in [0.1, 0.15) is 0 Å². The van der Waals surface area contributed by atoms with E-state index in [0.717, 1.165) is 5.56 Å². The van der Waals surface area contributed by atoms with Crippen molar-refractivity contribution in [3.63, 3.8) is 0 Å². The number of sulfone groups is 1. The van der Waals surface area contributed by atoms with Gasteiger partial charge in [0.05, 0.1) is 10.6 Å². The van der Waals surface area contributed by atoms with E-state index in [0.29, 0.717) is 16.2 Å². The Labute approximate surface area is 113 Å². The molecule has 2 aromatic rings. The molecule has 0 aliphatic carbocycles. The van der Waals surface area contributed by atoms with E-state index in [4.69, 9.17) is 0 Å². The molecule has 19 heavy (non-hydrogen) atoms. The molecule has 3 nitrogen and oxygen atoms in total. The first-order valence-electron chi connectivity index (χ1n) is 5.90. The van der Waals surface area contributed by atoms with Crippen LogP contribution >= 0.6 is 0 Å². The zero-order chi connectivity index (χ0) is 13.9. The van der Waals surface area contributed by atoms with Gasteiger partial charge in [0, 0.05) is 11.6 Å². The number of aryl methyl sites for hydroxylation is 1. The molecule has 0 atom stereocenters. The van der Waals surface area contributed by atoms with Gasteiger partial charge < -0.3 is 0 Å². The fraction of sp³-hybridized carbons (Fsp3) is 0.133. The topological polar surface area (TPSA) is 47.0 Å². The number of aromatic nitrogens is 1. The number of hydrogen-bond donors (Lipinski definition) is 0. The summed E-state index contributed by atoms with van der Waals surface area (Å²) >= 11 is 0. The average molecular weight is 273 g/mol. The first-order valence-corrected chi connectivity index (χ1v) is 7.45. The number of rotatable bonds is 3. The quantitative estimate of drug-likeness (QED) is 0.862. The molecule has 0 aliphatic heterocycles. The molecular formula is C15H15NO2S. The van der Waals surface area contributed by atoms with E-state index in [1.807, 2.05) is 13.0 Å². The number of benzene rings is 1. The highest BCUT2D eigenvalue weighted by Gasteiger charge is 2.12. The highest BCUT2D eigenvalue weighted by molar-refractivity contribution is 7.94. The molecule has 0 N–H and O–H groups in total. The van der Waals surface area contributed by atoms with Crippen LogP contribution < -0.4 is 0 Å². The standard InChI is InChI=1S/C15H15NO2S/c1-12-6-8-14(9-7-12)19(17,18)11-13(2)15-5-3-4-10-16-15/h3-11H,1-2H3/b13-11+.